The SMILES string of the molecule is CNc1ncc2c(n1)N1CCC[C@H]1CN(c1cccc(-c3nnc(COC)o3)c1)C2=O. The van der Waals surface area contributed by atoms with E-state index in [1.165, 1.54) is 0 Å². The van der Waals surface area contributed by atoms with Crippen molar-refractivity contribution in [2.45, 2.75) is 25.5 Å². The van der Waals surface area contributed by atoms with E-state index in [-0.39, 0.29) is 18.6 Å². The van der Waals surface area contributed by atoms with E-state index in [9.17, 15) is 4.79 Å². The molecule has 4 heterocycles. The third-order valence-electron chi connectivity index (χ3n) is 5.65. The van der Waals surface area contributed by atoms with Crippen molar-refractivity contribution >= 4 is 23.4 Å². The molecule has 3 aromatic rings. The molecule has 0 bridgehead atoms. The number of amides is 1. The molecule has 0 spiro atoms. The fourth-order valence-electron chi connectivity index (χ4n) is 4.19. The molecule has 1 N–H and O–H groups in total. The number of ether oxygens (including phenoxy) is 1. The average Bonchev–Trinajstić information content (AvgIpc) is 3.44. The smallest absolute Gasteiger partial charge is 0.263 e. The fourth-order valence-corrected chi connectivity index (χ4v) is 4.19. The lowest BCUT2D eigenvalue weighted by atomic mass is 10.1. The molecule has 0 aliphatic carbocycles. The quantitative estimate of drug-likeness (QED) is 0.664. The predicted octanol–water partition coefficient (Wildman–Crippen LogP) is 2.34. The normalized spacial score (nSPS) is 18.0. The number of aromatic nitrogens is 4. The van der Waals surface area contributed by atoms with Crippen LogP contribution in [0, 0.1) is 0 Å². The van der Waals surface area contributed by atoms with E-state index >= 15 is 0 Å². The van der Waals surface area contributed by atoms with E-state index in [2.05, 4.69) is 30.4 Å². The van der Waals surface area contributed by atoms with Crippen LogP contribution in [0.3, 0.4) is 0 Å². The summed E-state index contributed by atoms with van der Waals surface area (Å²) in [6.07, 6.45) is 3.68. The Morgan fingerprint density at radius 1 is 1.32 bits per heavy atom. The lowest BCUT2D eigenvalue weighted by Crippen LogP contribution is -2.39. The molecule has 10 nitrogen and oxygen atoms in total. The molecule has 5 rings (SSSR count). The summed E-state index contributed by atoms with van der Waals surface area (Å²) in [7, 11) is 3.35. The van der Waals surface area contributed by atoms with Gasteiger partial charge >= 0.3 is 0 Å². The van der Waals surface area contributed by atoms with Crippen LogP contribution in [-0.4, -0.2) is 59.4 Å². The highest BCUT2D eigenvalue weighted by Crippen LogP contribution is 2.35. The summed E-state index contributed by atoms with van der Waals surface area (Å²) in [6.45, 7) is 1.70. The second-order valence-corrected chi connectivity index (χ2v) is 7.57. The number of carbonyl (C=O) groups excluding carboxylic acids is 1. The molecular formula is C21H23N7O3. The summed E-state index contributed by atoms with van der Waals surface area (Å²) in [5, 5.41) is 11.1. The zero-order chi connectivity index (χ0) is 21.4. The van der Waals surface area contributed by atoms with Gasteiger partial charge in [0.2, 0.25) is 17.7 Å². The molecule has 0 saturated carbocycles. The summed E-state index contributed by atoms with van der Waals surface area (Å²) in [5.41, 5.74) is 2.02. The summed E-state index contributed by atoms with van der Waals surface area (Å²) in [6, 6.07) is 7.78. The van der Waals surface area contributed by atoms with Gasteiger partial charge < -0.3 is 24.3 Å². The van der Waals surface area contributed by atoms with Crippen molar-refractivity contribution in [3.05, 3.63) is 41.9 Å². The molecule has 1 aromatic carbocycles. The highest BCUT2D eigenvalue weighted by molar-refractivity contribution is 6.10. The third-order valence-corrected chi connectivity index (χ3v) is 5.65. The third kappa shape index (κ3) is 3.48. The molecule has 1 saturated heterocycles. The van der Waals surface area contributed by atoms with Crippen molar-refractivity contribution in [3.63, 3.8) is 0 Å². The van der Waals surface area contributed by atoms with E-state index in [0.717, 1.165) is 30.6 Å². The Kier molecular flexibility index (Phi) is 4.99. The number of nitrogens with zero attached hydrogens (tertiary/aromatic N) is 6. The Hall–Kier alpha value is -3.53. The number of carbonyl (C=O) groups is 1. The van der Waals surface area contributed by atoms with Crippen LogP contribution in [0.25, 0.3) is 11.5 Å². The minimum Gasteiger partial charge on any atom is -0.418 e. The Morgan fingerprint density at radius 3 is 3.06 bits per heavy atom. The second-order valence-electron chi connectivity index (χ2n) is 7.57. The van der Waals surface area contributed by atoms with Gasteiger partial charge in [-0.15, -0.1) is 10.2 Å². The van der Waals surface area contributed by atoms with Gasteiger partial charge in [-0.25, -0.2) is 4.98 Å². The molecule has 2 aromatic heterocycles. The Morgan fingerprint density at radius 2 is 2.23 bits per heavy atom. The first-order valence-corrected chi connectivity index (χ1v) is 10.2. The topological polar surface area (TPSA) is 110 Å². The zero-order valence-electron chi connectivity index (χ0n) is 17.4. The maximum absolute atomic E-state index is 13.5. The van der Waals surface area contributed by atoms with E-state index in [4.69, 9.17) is 9.15 Å². The summed E-state index contributed by atoms with van der Waals surface area (Å²) in [5.74, 6) is 1.89. The Bertz CT molecular complexity index is 1120. The number of anilines is 3. The van der Waals surface area contributed by atoms with Crippen LogP contribution >= 0.6 is 0 Å². The second kappa shape index (κ2) is 7.95. The van der Waals surface area contributed by atoms with E-state index < -0.39 is 0 Å². The lowest BCUT2D eigenvalue weighted by Gasteiger charge is -2.27. The molecule has 1 fully saturated rings. The molecule has 1 amide bonds. The first kappa shape index (κ1) is 19.4. The van der Waals surface area contributed by atoms with Crippen LogP contribution in [0.4, 0.5) is 17.5 Å². The minimum absolute atomic E-state index is 0.116. The highest BCUT2D eigenvalue weighted by atomic mass is 16.5. The van der Waals surface area contributed by atoms with Gasteiger partial charge in [0.25, 0.3) is 5.91 Å². The molecule has 0 unspecified atom stereocenters. The first-order chi connectivity index (χ1) is 15.2. The number of nitrogens with one attached hydrogen (secondary N) is 1. The Balaban J connectivity index is 1.53. The van der Waals surface area contributed by atoms with Crippen LogP contribution in [0.15, 0.2) is 34.9 Å². The van der Waals surface area contributed by atoms with Gasteiger partial charge in [-0.05, 0) is 31.0 Å². The van der Waals surface area contributed by atoms with Crippen molar-refractivity contribution in [2.75, 3.05) is 42.4 Å². The van der Waals surface area contributed by atoms with Crippen LogP contribution in [0.1, 0.15) is 29.1 Å². The standard InChI is InChI=1S/C21H23N7O3/c1-22-21-23-10-16-18(24-21)27-8-4-7-15(27)11-28(20(16)29)14-6-3-5-13(9-14)19-26-25-17(31-19)12-30-2/h3,5-6,9-10,15H,4,7-8,11-12H2,1-2H3,(H,22,23,24)/t15-/m0/s1. The van der Waals surface area contributed by atoms with Crippen molar-refractivity contribution < 1.29 is 13.9 Å². The molecule has 31 heavy (non-hydrogen) atoms. The number of rotatable bonds is 5. The summed E-state index contributed by atoms with van der Waals surface area (Å²) in [4.78, 5) is 26.5. The van der Waals surface area contributed by atoms with Gasteiger partial charge in [0, 0.05) is 50.7 Å². The number of benzene rings is 1. The number of hydrogen-bond acceptors (Lipinski definition) is 9. The van der Waals surface area contributed by atoms with Gasteiger partial charge in [0.1, 0.15) is 18.0 Å². The van der Waals surface area contributed by atoms with E-state index in [1.54, 1.807) is 25.3 Å². The van der Waals surface area contributed by atoms with Crippen LogP contribution in [0.5, 0.6) is 0 Å². The first-order valence-electron chi connectivity index (χ1n) is 10.2. The minimum atomic E-state index is -0.116. The molecule has 10 heteroatoms. The monoisotopic (exact) mass is 421 g/mol. The highest BCUT2D eigenvalue weighted by Gasteiger charge is 2.37. The Labute approximate surface area is 179 Å². The van der Waals surface area contributed by atoms with E-state index in [1.807, 2.05) is 24.3 Å². The molecule has 1 atom stereocenters. The zero-order valence-corrected chi connectivity index (χ0v) is 17.4. The number of hydrogen-bond donors (Lipinski definition) is 1. The van der Waals surface area contributed by atoms with Crippen LogP contribution in [0.2, 0.25) is 0 Å². The lowest BCUT2D eigenvalue weighted by molar-refractivity contribution is 0.0988. The van der Waals surface area contributed by atoms with E-state index in [0.29, 0.717) is 35.7 Å². The van der Waals surface area contributed by atoms with Gasteiger partial charge in [0.05, 0.1) is 0 Å². The van der Waals surface area contributed by atoms with Crippen LogP contribution < -0.4 is 15.1 Å². The van der Waals surface area contributed by atoms with Crippen molar-refractivity contribution in [3.8, 4) is 11.5 Å². The van der Waals surface area contributed by atoms with Gasteiger partial charge in [-0.3, -0.25) is 4.79 Å². The summed E-state index contributed by atoms with van der Waals surface area (Å²) >= 11 is 0. The van der Waals surface area contributed by atoms with Gasteiger partial charge in [-0.2, -0.15) is 4.98 Å². The molecule has 2 aliphatic heterocycles. The molecule has 160 valence electrons. The van der Waals surface area contributed by atoms with Crippen molar-refractivity contribution in [1.29, 1.82) is 0 Å². The van der Waals surface area contributed by atoms with Crippen LogP contribution in [-0.2, 0) is 11.3 Å². The number of fused-ring (bicyclic) bond motifs is 3. The average molecular weight is 421 g/mol. The molecular weight excluding hydrogens is 398 g/mol. The maximum atomic E-state index is 13.5. The van der Waals surface area contributed by atoms with Gasteiger partial charge in [-0.1, -0.05) is 6.07 Å². The van der Waals surface area contributed by atoms with Gasteiger partial charge in [0.15, 0.2) is 0 Å². The van der Waals surface area contributed by atoms with Crippen molar-refractivity contribution in [1.82, 2.24) is 20.2 Å². The predicted molar refractivity (Wildman–Crippen MR) is 114 cm³/mol. The fraction of sp³-hybridized carbons (Fsp3) is 0.381. The largest absolute Gasteiger partial charge is 0.418 e. The number of methoxy groups -OCH3 is 1. The summed E-state index contributed by atoms with van der Waals surface area (Å²) < 4.78 is 10.7. The molecule has 0 radical (unpaired) electrons. The molecule has 2 aliphatic rings. The maximum Gasteiger partial charge on any atom is 0.263 e. The van der Waals surface area contributed by atoms with Crippen molar-refractivity contribution in [2.24, 2.45) is 0 Å².